The van der Waals surface area contributed by atoms with Crippen LogP contribution in [-0.2, 0) is 19.1 Å². The number of nitrogens with two attached hydrogens (primary N) is 1. The first kappa shape index (κ1) is 22.0. The Labute approximate surface area is 198 Å². The highest BCUT2D eigenvalue weighted by Gasteiger charge is 2.59. The molecule has 2 amide bonds. The Morgan fingerprint density at radius 2 is 1.88 bits per heavy atom. The van der Waals surface area contributed by atoms with Gasteiger partial charge < -0.3 is 19.9 Å². The number of para-hydroxylation sites is 2. The molecule has 1 saturated heterocycles. The molecular formula is C24H20N2O7S. The summed E-state index contributed by atoms with van der Waals surface area (Å²) in [6.45, 7) is 2.15. The maximum absolute atomic E-state index is 13.8. The molecule has 3 heterocycles. The molecule has 2 aromatic rings. The van der Waals surface area contributed by atoms with Crippen LogP contribution in [0, 0.1) is 5.92 Å². The van der Waals surface area contributed by atoms with Crippen LogP contribution in [0.3, 0.4) is 0 Å². The second-order valence-electron chi connectivity index (χ2n) is 7.84. The van der Waals surface area contributed by atoms with Crippen LogP contribution in [0.5, 0.6) is 11.5 Å². The molecule has 3 aliphatic heterocycles. The quantitative estimate of drug-likeness (QED) is 0.399. The molecule has 34 heavy (non-hydrogen) atoms. The Hall–Kier alpha value is -3.79. The highest BCUT2D eigenvalue weighted by Crippen LogP contribution is 2.56. The van der Waals surface area contributed by atoms with E-state index < -0.39 is 40.8 Å². The van der Waals surface area contributed by atoms with Gasteiger partial charge >= 0.3 is 11.9 Å². The molecular weight excluding hydrogens is 460 g/mol. The normalized spacial score (nSPS) is 23.2. The number of nitrogens with zero attached hydrogens (tertiary/aromatic N) is 1. The number of fused-ring (bicyclic) bond motifs is 5. The van der Waals surface area contributed by atoms with E-state index in [1.54, 1.807) is 37.3 Å². The van der Waals surface area contributed by atoms with Gasteiger partial charge in [0.15, 0.2) is 11.5 Å². The number of carbonyl (C=O) groups excluding carboxylic acids is 4. The lowest BCUT2D eigenvalue weighted by Gasteiger charge is -2.36. The molecule has 10 heteroatoms. The smallest absolute Gasteiger partial charge is 0.342 e. The van der Waals surface area contributed by atoms with Crippen molar-refractivity contribution >= 4 is 41.2 Å². The Morgan fingerprint density at radius 3 is 2.62 bits per heavy atom. The van der Waals surface area contributed by atoms with Gasteiger partial charge in [0.05, 0.1) is 41.5 Å². The van der Waals surface area contributed by atoms with Crippen LogP contribution < -0.4 is 20.1 Å². The zero-order valence-corrected chi connectivity index (χ0v) is 19.1. The fourth-order valence-electron chi connectivity index (χ4n) is 4.71. The van der Waals surface area contributed by atoms with E-state index in [2.05, 4.69) is 0 Å². The first-order chi connectivity index (χ1) is 16.4. The van der Waals surface area contributed by atoms with Gasteiger partial charge in [0.2, 0.25) is 11.8 Å². The zero-order chi connectivity index (χ0) is 24.1. The van der Waals surface area contributed by atoms with Crippen LogP contribution in [0.1, 0.15) is 28.8 Å². The molecule has 1 fully saturated rings. The molecule has 9 nitrogen and oxygen atoms in total. The minimum Gasteiger partial charge on any atom is -0.490 e. The number of anilines is 1. The van der Waals surface area contributed by atoms with E-state index in [0.29, 0.717) is 17.9 Å². The number of benzene rings is 2. The molecule has 174 valence electrons. The molecule has 0 unspecified atom stereocenters. The van der Waals surface area contributed by atoms with Crippen molar-refractivity contribution < 1.29 is 33.4 Å². The topological polar surface area (TPSA) is 125 Å². The molecule has 0 saturated carbocycles. The van der Waals surface area contributed by atoms with Crippen molar-refractivity contribution in [3.8, 4) is 11.5 Å². The highest BCUT2D eigenvalue weighted by molar-refractivity contribution is 8.04. The van der Waals surface area contributed by atoms with Gasteiger partial charge in [0.1, 0.15) is 5.25 Å². The van der Waals surface area contributed by atoms with Crippen LogP contribution in [0.4, 0.5) is 5.69 Å². The first-order valence-electron chi connectivity index (χ1n) is 10.6. The van der Waals surface area contributed by atoms with Gasteiger partial charge in [-0.3, -0.25) is 9.59 Å². The third-order valence-corrected chi connectivity index (χ3v) is 7.32. The molecule has 0 aliphatic carbocycles. The van der Waals surface area contributed by atoms with Crippen molar-refractivity contribution in [1.82, 2.24) is 0 Å². The van der Waals surface area contributed by atoms with Crippen molar-refractivity contribution in [2.45, 2.75) is 18.1 Å². The third kappa shape index (κ3) is 3.09. The van der Waals surface area contributed by atoms with Crippen molar-refractivity contribution in [3.63, 3.8) is 0 Å². The van der Waals surface area contributed by atoms with E-state index in [1.165, 1.54) is 19.2 Å². The lowest BCUT2D eigenvalue weighted by Crippen LogP contribution is -2.40. The summed E-state index contributed by atoms with van der Waals surface area (Å²) in [7, 11) is 1.22. The van der Waals surface area contributed by atoms with E-state index in [1.807, 2.05) is 0 Å². The highest BCUT2D eigenvalue weighted by atomic mass is 32.2. The third-order valence-electron chi connectivity index (χ3n) is 6.09. The summed E-state index contributed by atoms with van der Waals surface area (Å²) in [4.78, 5) is 53.6. The Balaban J connectivity index is 1.66. The maximum Gasteiger partial charge on any atom is 0.342 e. The Bertz CT molecular complexity index is 1290. The number of amides is 2. The van der Waals surface area contributed by atoms with E-state index in [0.717, 1.165) is 16.7 Å². The average molecular weight is 480 g/mol. The molecule has 0 bridgehead atoms. The van der Waals surface area contributed by atoms with E-state index in [4.69, 9.17) is 19.9 Å². The number of thioether (sulfide) groups is 1. The van der Waals surface area contributed by atoms with Crippen LogP contribution in [0.2, 0.25) is 0 Å². The van der Waals surface area contributed by atoms with E-state index in [-0.39, 0.29) is 27.6 Å². The predicted octanol–water partition coefficient (Wildman–Crippen LogP) is 2.35. The van der Waals surface area contributed by atoms with E-state index in [9.17, 15) is 19.2 Å². The monoisotopic (exact) mass is 480 g/mol. The SMILES string of the molecule is CCOc1cccc2c1OC(=O)C1=C(N)S[C@H]3C(=O)N(c4ccccc4C(=O)OC)C(=O)[C@H]3[C@H]12. The Morgan fingerprint density at radius 1 is 1.12 bits per heavy atom. The zero-order valence-electron chi connectivity index (χ0n) is 18.3. The van der Waals surface area contributed by atoms with Gasteiger partial charge in [-0.25, -0.2) is 14.5 Å². The summed E-state index contributed by atoms with van der Waals surface area (Å²) < 4.78 is 16.0. The summed E-state index contributed by atoms with van der Waals surface area (Å²) in [5.41, 5.74) is 7.14. The molecule has 0 spiro atoms. The van der Waals surface area contributed by atoms with Gasteiger partial charge in [-0.05, 0) is 25.1 Å². The second kappa shape index (κ2) is 8.21. The summed E-state index contributed by atoms with van der Waals surface area (Å²) in [5, 5.41) is -0.741. The van der Waals surface area contributed by atoms with Crippen LogP contribution >= 0.6 is 11.8 Å². The van der Waals surface area contributed by atoms with Gasteiger partial charge in [0.25, 0.3) is 0 Å². The standard InChI is InChI=1S/C24H20N2O7S/c1-3-32-14-10-6-8-12-15-16-19(34-20(25)17(15)24(30)33-18(12)14)22(28)26(21(16)27)13-9-5-4-7-11(13)23(29)31-2/h4-10,15-16,19H,3,25H2,1-2H3/t15-,16+,19-/m1/s1. The number of hydrogen-bond donors (Lipinski definition) is 1. The number of ether oxygens (including phenoxy) is 3. The summed E-state index contributed by atoms with van der Waals surface area (Å²) in [6, 6.07) is 11.4. The van der Waals surface area contributed by atoms with Gasteiger partial charge in [-0.15, -0.1) is 0 Å². The van der Waals surface area contributed by atoms with Crippen LogP contribution in [0.25, 0.3) is 0 Å². The number of rotatable bonds is 4. The number of methoxy groups -OCH3 is 1. The summed E-state index contributed by atoms with van der Waals surface area (Å²) in [5.74, 6) is -3.54. The number of imide groups is 1. The molecule has 5 rings (SSSR count). The van der Waals surface area contributed by atoms with Crippen LogP contribution in [-0.4, -0.2) is 42.7 Å². The second-order valence-corrected chi connectivity index (χ2v) is 9.02. The number of carbonyl (C=O) groups is 4. The van der Waals surface area contributed by atoms with Crippen molar-refractivity contribution in [1.29, 1.82) is 0 Å². The largest absolute Gasteiger partial charge is 0.490 e. The molecule has 0 radical (unpaired) electrons. The number of hydrogen-bond acceptors (Lipinski definition) is 9. The van der Waals surface area contributed by atoms with Gasteiger partial charge in [-0.2, -0.15) is 0 Å². The fraction of sp³-hybridized carbons (Fsp3) is 0.250. The Kier molecular flexibility index (Phi) is 5.32. The lowest BCUT2D eigenvalue weighted by atomic mass is 9.77. The minimum atomic E-state index is -0.922. The molecule has 3 aliphatic rings. The summed E-state index contributed by atoms with van der Waals surface area (Å²) >= 11 is 0.963. The minimum absolute atomic E-state index is 0.0820. The van der Waals surface area contributed by atoms with Gasteiger partial charge in [0, 0.05) is 11.5 Å². The predicted molar refractivity (Wildman–Crippen MR) is 122 cm³/mol. The summed E-state index contributed by atoms with van der Waals surface area (Å²) in [6.07, 6.45) is 0. The van der Waals surface area contributed by atoms with Gasteiger partial charge in [-0.1, -0.05) is 36.0 Å². The molecule has 2 aromatic carbocycles. The maximum atomic E-state index is 13.8. The van der Waals surface area contributed by atoms with Crippen molar-refractivity contribution in [3.05, 3.63) is 64.2 Å². The number of esters is 2. The molecule has 3 atom stereocenters. The molecule has 0 aromatic heterocycles. The average Bonchev–Trinajstić information content (AvgIpc) is 3.08. The first-order valence-corrected chi connectivity index (χ1v) is 11.5. The fourth-order valence-corrected chi connectivity index (χ4v) is 5.95. The lowest BCUT2D eigenvalue weighted by molar-refractivity contribution is -0.132. The van der Waals surface area contributed by atoms with Crippen molar-refractivity contribution in [2.24, 2.45) is 11.7 Å². The molecule has 2 N–H and O–H groups in total. The van der Waals surface area contributed by atoms with Crippen molar-refractivity contribution in [2.75, 3.05) is 18.6 Å². The van der Waals surface area contributed by atoms with Crippen LogP contribution in [0.15, 0.2) is 53.1 Å². The van der Waals surface area contributed by atoms with E-state index >= 15 is 0 Å².